The maximum atomic E-state index is 12.8. The van der Waals surface area contributed by atoms with Crippen LogP contribution in [0.3, 0.4) is 0 Å². The minimum absolute atomic E-state index is 0.245. The lowest BCUT2D eigenvalue weighted by Gasteiger charge is -2.11. The Hall–Kier alpha value is -2.89. The average molecular weight is 302 g/mol. The summed E-state index contributed by atoms with van der Waals surface area (Å²) in [6.45, 7) is 1.95. The first-order chi connectivity index (χ1) is 10.6. The van der Waals surface area contributed by atoms with Crippen LogP contribution < -0.4 is 10.6 Å². The van der Waals surface area contributed by atoms with E-state index in [1.54, 1.807) is 31.2 Å². The number of amides is 2. The number of nitrogens with one attached hydrogen (secondary N) is 2. The highest BCUT2D eigenvalue weighted by molar-refractivity contribution is 6.05. The highest BCUT2D eigenvalue weighted by Gasteiger charge is 2.13. The van der Waals surface area contributed by atoms with Gasteiger partial charge in [0.15, 0.2) is 0 Å². The van der Waals surface area contributed by atoms with Crippen LogP contribution >= 0.6 is 0 Å². The number of carbonyl (C=O) groups excluding carboxylic acids is 2. The standard InChI is InChI=1S/C16H15FN2O3/c1-2-22-15(20)13-5-3-4-6-14(13)19-16(21)18-12-9-7-11(17)8-10-12/h3-10H,2H2,1H3,(H2,18,19,21). The third kappa shape index (κ3) is 4.05. The van der Waals surface area contributed by atoms with Crippen LogP contribution in [0.15, 0.2) is 48.5 Å². The van der Waals surface area contributed by atoms with Gasteiger partial charge in [-0.2, -0.15) is 0 Å². The summed E-state index contributed by atoms with van der Waals surface area (Å²) in [5, 5.41) is 5.12. The molecule has 0 aliphatic heterocycles. The monoisotopic (exact) mass is 302 g/mol. The van der Waals surface area contributed by atoms with E-state index in [9.17, 15) is 14.0 Å². The van der Waals surface area contributed by atoms with E-state index >= 15 is 0 Å². The lowest BCUT2D eigenvalue weighted by molar-refractivity contribution is 0.0527. The number of hydrogen-bond acceptors (Lipinski definition) is 3. The number of hydrogen-bond donors (Lipinski definition) is 2. The molecule has 2 N–H and O–H groups in total. The minimum Gasteiger partial charge on any atom is -0.462 e. The van der Waals surface area contributed by atoms with Gasteiger partial charge in [0.1, 0.15) is 5.82 Å². The van der Waals surface area contributed by atoms with Crippen molar-refractivity contribution in [1.29, 1.82) is 0 Å². The summed E-state index contributed by atoms with van der Waals surface area (Å²) >= 11 is 0. The minimum atomic E-state index is -0.539. The Kier molecular flexibility index (Phi) is 5.08. The first-order valence-corrected chi connectivity index (χ1v) is 6.70. The molecule has 6 heteroatoms. The van der Waals surface area contributed by atoms with Crippen molar-refractivity contribution in [3.05, 3.63) is 59.9 Å². The second kappa shape index (κ2) is 7.21. The Bertz CT molecular complexity index is 671. The van der Waals surface area contributed by atoms with E-state index in [1.165, 1.54) is 24.3 Å². The van der Waals surface area contributed by atoms with Crippen LogP contribution in [-0.2, 0) is 4.74 Å². The fourth-order valence-corrected chi connectivity index (χ4v) is 1.80. The van der Waals surface area contributed by atoms with Crippen LogP contribution in [0.5, 0.6) is 0 Å². The molecule has 22 heavy (non-hydrogen) atoms. The fraction of sp³-hybridized carbons (Fsp3) is 0.125. The van der Waals surface area contributed by atoms with Crippen LogP contribution in [-0.4, -0.2) is 18.6 Å². The first kappa shape index (κ1) is 15.5. The number of anilines is 2. The zero-order valence-electron chi connectivity index (χ0n) is 11.9. The van der Waals surface area contributed by atoms with E-state index in [4.69, 9.17) is 4.74 Å². The van der Waals surface area contributed by atoms with Gasteiger partial charge in [-0.15, -0.1) is 0 Å². The van der Waals surface area contributed by atoms with Crippen LogP contribution in [0.2, 0.25) is 0 Å². The number of halogens is 1. The summed E-state index contributed by atoms with van der Waals surface area (Å²) in [6, 6.07) is 11.3. The normalized spacial score (nSPS) is 9.91. The van der Waals surface area contributed by atoms with E-state index in [0.29, 0.717) is 11.4 Å². The van der Waals surface area contributed by atoms with Crippen molar-refractivity contribution < 1.29 is 18.7 Å². The third-order valence-electron chi connectivity index (χ3n) is 2.77. The van der Waals surface area contributed by atoms with Crippen molar-refractivity contribution in [2.24, 2.45) is 0 Å². The molecule has 0 aliphatic carbocycles. The molecular formula is C16H15FN2O3. The van der Waals surface area contributed by atoms with E-state index in [-0.39, 0.29) is 12.2 Å². The maximum absolute atomic E-state index is 12.8. The molecule has 2 aromatic carbocycles. The number of benzene rings is 2. The summed E-state index contributed by atoms with van der Waals surface area (Å²) < 4.78 is 17.7. The molecule has 0 aliphatic rings. The van der Waals surface area contributed by atoms with Crippen molar-refractivity contribution in [1.82, 2.24) is 0 Å². The van der Waals surface area contributed by atoms with Gasteiger partial charge < -0.3 is 15.4 Å². The van der Waals surface area contributed by atoms with Gasteiger partial charge >= 0.3 is 12.0 Å². The van der Waals surface area contributed by atoms with E-state index in [2.05, 4.69) is 10.6 Å². The molecule has 2 amide bonds. The average Bonchev–Trinajstić information content (AvgIpc) is 2.50. The van der Waals surface area contributed by atoms with Gasteiger partial charge in [0, 0.05) is 5.69 Å². The lowest BCUT2D eigenvalue weighted by atomic mass is 10.2. The predicted octanol–water partition coefficient (Wildman–Crippen LogP) is 3.65. The van der Waals surface area contributed by atoms with Crippen molar-refractivity contribution in [2.45, 2.75) is 6.92 Å². The molecule has 0 spiro atoms. The molecule has 0 unspecified atom stereocenters. The van der Waals surface area contributed by atoms with E-state index < -0.39 is 17.8 Å². The molecule has 0 heterocycles. The molecule has 0 aromatic heterocycles. The summed E-state index contributed by atoms with van der Waals surface area (Å²) in [6.07, 6.45) is 0. The van der Waals surface area contributed by atoms with Gasteiger partial charge in [-0.3, -0.25) is 0 Å². The Morgan fingerprint density at radius 2 is 1.73 bits per heavy atom. The molecule has 0 fully saturated rings. The summed E-state index contributed by atoms with van der Waals surface area (Å²) in [5.74, 6) is -0.904. The lowest BCUT2D eigenvalue weighted by Crippen LogP contribution is -2.21. The molecule has 2 rings (SSSR count). The molecule has 0 radical (unpaired) electrons. The van der Waals surface area contributed by atoms with Gasteiger partial charge in [-0.05, 0) is 43.3 Å². The molecule has 5 nitrogen and oxygen atoms in total. The largest absolute Gasteiger partial charge is 0.462 e. The van der Waals surface area contributed by atoms with Gasteiger partial charge in [-0.1, -0.05) is 12.1 Å². The van der Waals surface area contributed by atoms with Crippen LogP contribution in [0.1, 0.15) is 17.3 Å². The van der Waals surface area contributed by atoms with Gasteiger partial charge in [0.05, 0.1) is 17.9 Å². The number of ether oxygens (including phenoxy) is 1. The quantitative estimate of drug-likeness (QED) is 0.847. The maximum Gasteiger partial charge on any atom is 0.340 e. The van der Waals surface area contributed by atoms with E-state index in [1.807, 2.05) is 0 Å². The number of urea groups is 1. The molecule has 2 aromatic rings. The Balaban J connectivity index is 2.08. The SMILES string of the molecule is CCOC(=O)c1ccccc1NC(=O)Nc1ccc(F)cc1. The van der Waals surface area contributed by atoms with Gasteiger partial charge in [0.25, 0.3) is 0 Å². The first-order valence-electron chi connectivity index (χ1n) is 6.70. The predicted molar refractivity (Wildman–Crippen MR) is 81.4 cm³/mol. The summed E-state index contributed by atoms with van der Waals surface area (Å²) in [7, 11) is 0. The van der Waals surface area contributed by atoms with Crippen molar-refractivity contribution in [3.8, 4) is 0 Å². The third-order valence-corrected chi connectivity index (χ3v) is 2.77. The van der Waals surface area contributed by atoms with Crippen molar-refractivity contribution in [3.63, 3.8) is 0 Å². The molecule has 0 bridgehead atoms. The zero-order valence-corrected chi connectivity index (χ0v) is 11.9. The van der Waals surface area contributed by atoms with Crippen LogP contribution in [0.4, 0.5) is 20.6 Å². The number of carbonyl (C=O) groups is 2. The summed E-state index contributed by atoms with van der Waals surface area (Å²) in [5.41, 5.74) is 1.03. The molecule has 0 atom stereocenters. The highest BCUT2D eigenvalue weighted by atomic mass is 19.1. The Morgan fingerprint density at radius 3 is 2.41 bits per heavy atom. The van der Waals surface area contributed by atoms with Crippen LogP contribution in [0, 0.1) is 5.82 Å². The number of rotatable bonds is 4. The molecule has 0 saturated carbocycles. The topological polar surface area (TPSA) is 67.4 Å². The Labute approximate surface area is 127 Å². The zero-order chi connectivity index (χ0) is 15.9. The van der Waals surface area contributed by atoms with Crippen molar-refractivity contribution >= 4 is 23.4 Å². The smallest absolute Gasteiger partial charge is 0.340 e. The number of esters is 1. The molecule has 114 valence electrons. The fourth-order valence-electron chi connectivity index (χ4n) is 1.80. The number of para-hydroxylation sites is 1. The van der Waals surface area contributed by atoms with Gasteiger partial charge in [0.2, 0.25) is 0 Å². The Morgan fingerprint density at radius 1 is 1.05 bits per heavy atom. The second-order valence-electron chi connectivity index (χ2n) is 4.35. The van der Waals surface area contributed by atoms with Gasteiger partial charge in [-0.25, -0.2) is 14.0 Å². The highest BCUT2D eigenvalue weighted by Crippen LogP contribution is 2.17. The summed E-state index contributed by atoms with van der Waals surface area (Å²) in [4.78, 5) is 23.7. The second-order valence-corrected chi connectivity index (χ2v) is 4.35. The molecule has 0 saturated heterocycles. The van der Waals surface area contributed by atoms with Crippen LogP contribution in [0.25, 0.3) is 0 Å². The molecular weight excluding hydrogens is 287 g/mol. The van der Waals surface area contributed by atoms with Crippen molar-refractivity contribution in [2.75, 3.05) is 17.2 Å². The van der Waals surface area contributed by atoms with E-state index in [0.717, 1.165) is 0 Å².